The number of hydrogen-bond donors (Lipinski definition) is 0. The second kappa shape index (κ2) is 6.87. The standard InChI is InChI=1S/C13H11F3N2O5S3/c1-22-12(19)11-18(4-5-24-11)26(20,21)10-3-2-8(25-10)7-6-9(23-17-7)13(14,15)16/h2-3,6,11H,4-5H2,1H3. The molecule has 0 aromatic carbocycles. The highest BCUT2D eigenvalue weighted by Gasteiger charge is 2.42. The first kappa shape index (κ1) is 19.2. The van der Waals surface area contributed by atoms with Gasteiger partial charge in [-0.05, 0) is 12.1 Å². The van der Waals surface area contributed by atoms with Crippen LogP contribution in [0.15, 0.2) is 26.9 Å². The molecule has 0 saturated carbocycles. The number of methoxy groups -OCH3 is 1. The van der Waals surface area contributed by atoms with E-state index in [0.29, 0.717) is 11.8 Å². The van der Waals surface area contributed by atoms with Gasteiger partial charge < -0.3 is 9.26 Å². The van der Waals surface area contributed by atoms with Crippen LogP contribution in [-0.2, 0) is 25.7 Å². The summed E-state index contributed by atoms with van der Waals surface area (Å²) in [7, 11) is -2.84. The van der Waals surface area contributed by atoms with Crippen LogP contribution < -0.4 is 0 Å². The Morgan fingerprint density at radius 3 is 2.77 bits per heavy atom. The molecule has 0 N–H and O–H groups in total. The molecule has 142 valence electrons. The summed E-state index contributed by atoms with van der Waals surface area (Å²) >= 11 is 1.88. The molecule has 0 bridgehead atoms. The number of esters is 1. The van der Waals surface area contributed by atoms with Crippen LogP contribution in [0.1, 0.15) is 5.76 Å². The topological polar surface area (TPSA) is 89.7 Å². The highest BCUT2D eigenvalue weighted by atomic mass is 32.2. The number of halogens is 3. The molecule has 2 aromatic rings. The fraction of sp³-hybridized carbons (Fsp3) is 0.385. The Hall–Kier alpha value is -1.57. The molecule has 1 saturated heterocycles. The summed E-state index contributed by atoms with van der Waals surface area (Å²) in [5.74, 6) is -1.53. The van der Waals surface area contributed by atoms with Crippen LogP contribution in [0.2, 0.25) is 0 Å². The van der Waals surface area contributed by atoms with Crippen LogP contribution in [0.4, 0.5) is 13.2 Å². The molecule has 0 spiro atoms. The van der Waals surface area contributed by atoms with Crippen molar-refractivity contribution >= 4 is 39.1 Å². The number of ether oxygens (including phenoxy) is 1. The number of nitrogens with zero attached hydrogens (tertiary/aromatic N) is 2. The van der Waals surface area contributed by atoms with E-state index < -0.39 is 33.3 Å². The Kier molecular flexibility index (Phi) is 5.07. The van der Waals surface area contributed by atoms with E-state index in [1.807, 2.05) is 0 Å². The van der Waals surface area contributed by atoms with Crippen molar-refractivity contribution in [2.24, 2.45) is 0 Å². The summed E-state index contributed by atoms with van der Waals surface area (Å²) in [4.78, 5) is 11.9. The van der Waals surface area contributed by atoms with Gasteiger partial charge in [0, 0.05) is 18.4 Å². The molecule has 2 aromatic heterocycles. The van der Waals surface area contributed by atoms with Crippen LogP contribution in [0.25, 0.3) is 10.6 Å². The highest BCUT2D eigenvalue weighted by molar-refractivity contribution is 8.02. The van der Waals surface area contributed by atoms with Crippen LogP contribution in [0, 0.1) is 0 Å². The summed E-state index contributed by atoms with van der Waals surface area (Å²) < 4.78 is 73.1. The molecule has 3 heterocycles. The first-order valence-corrected chi connectivity index (χ1v) is 10.3. The SMILES string of the molecule is COC(=O)C1SCCN1S(=O)(=O)c1ccc(-c2cc(C(F)(F)F)on2)s1. The Balaban J connectivity index is 1.89. The highest BCUT2D eigenvalue weighted by Crippen LogP contribution is 2.38. The average molecular weight is 428 g/mol. The van der Waals surface area contributed by atoms with Gasteiger partial charge >= 0.3 is 12.1 Å². The van der Waals surface area contributed by atoms with Crippen molar-refractivity contribution in [3.05, 3.63) is 24.0 Å². The zero-order valence-corrected chi connectivity index (χ0v) is 15.5. The monoisotopic (exact) mass is 428 g/mol. The van der Waals surface area contributed by atoms with Crippen LogP contribution in [-0.4, -0.2) is 48.6 Å². The van der Waals surface area contributed by atoms with Crippen LogP contribution >= 0.6 is 23.1 Å². The number of sulfonamides is 1. The predicted octanol–water partition coefficient (Wildman–Crippen LogP) is 2.66. The number of carbonyl (C=O) groups excluding carboxylic acids is 1. The summed E-state index contributed by atoms with van der Waals surface area (Å²) in [6, 6.07) is 3.30. The minimum absolute atomic E-state index is 0.111. The van der Waals surface area contributed by atoms with Gasteiger partial charge in [-0.25, -0.2) is 13.2 Å². The van der Waals surface area contributed by atoms with E-state index in [0.717, 1.165) is 34.5 Å². The molecule has 1 aliphatic heterocycles. The zero-order valence-electron chi connectivity index (χ0n) is 13.0. The maximum absolute atomic E-state index is 12.8. The number of rotatable bonds is 4. The number of aromatic nitrogens is 1. The van der Waals surface area contributed by atoms with Crippen molar-refractivity contribution in [1.82, 2.24) is 9.46 Å². The molecule has 13 heteroatoms. The number of thiophene rings is 1. The van der Waals surface area contributed by atoms with Gasteiger partial charge in [-0.1, -0.05) is 5.16 Å². The summed E-state index contributed by atoms with van der Waals surface area (Å²) in [6.45, 7) is 0.127. The van der Waals surface area contributed by atoms with E-state index in [1.165, 1.54) is 12.1 Å². The third-order valence-electron chi connectivity index (χ3n) is 3.44. The number of alkyl halides is 3. The molecule has 3 rings (SSSR count). The maximum Gasteiger partial charge on any atom is 0.452 e. The Bertz CT molecular complexity index is 922. The molecule has 0 amide bonds. The lowest BCUT2D eigenvalue weighted by atomic mass is 10.3. The lowest BCUT2D eigenvalue weighted by molar-refractivity contribution is -0.155. The van der Waals surface area contributed by atoms with E-state index in [2.05, 4.69) is 14.4 Å². The quantitative estimate of drug-likeness (QED) is 0.692. The molecule has 1 aliphatic rings. The lowest BCUT2D eigenvalue weighted by Gasteiger charge is -2.20. The van der Waals surface area contributed by atoms with Gasteiger partial charge in [0.2, 0.25) is 5.76 Å². The van der Waals surface area contributed by atoms with Crippen molar-refractivity contribution in [2.45, 2.75) is 15.8 Å². The lowest BCUT2D eigenvalue weighted by Crippen LogP contribution is -2.39. The van der Waals surface area contributed by atoms with Crippen LogP contribution in [0.5, 0.6) is 0 Å². The maximum atomic E-state index is 12.8. The Labute approximate surface area is 154 Å². The summed E-state index contributed by atoms with van der Waals surface area (Å²) in [5.41, 5.74) is -0.121. The number of carbonyl (C=O) groups is 1. The van der Waals surface area contributed by atoms with Gasteiger partial charge in [0.25, 0.3) is 10.0 Å². The molecule has 0 radical (unpaired) electrons. The fourth-order valence-corrected chi connectivity index (χ4v) is 6.70. The van der Waals surface area contributed by atoms with E-state index in [9.17, 15) is 26.4 Å². The normalized spacial score (nSPS) is 19.0. The molecular weight excluding hydrogens is 417 g/mol. The number of thioether (sulfide) groups is 1. The van der Waals surface area contributed by atoms with Crippen molar-refractivity contribution in [3.63, 3.8) is 0 Å². The van der Waals surface area contributed by atoms with Crippen molar-refractivity contribution < 1.29 is 35.6 Å². The third kappa shape index (κ3) is 3.48. The largest absolute Gasteiger partial charge is 0.467 e. The fourth-order valence-electron chi connectivity index (χ4n) is 2.22. The van der Waals surface area contributed by atoms with Gasteiger partial charge in [-0.15, -0.1) is 23.1 Å². The second-order valence-electron chi connectivity index (χ2n) is 5.05. The summed E-state index contributed by atoms with van der Waals surface area (Å²) in [5, 5.41) is 2.34. The zero-order chi connectivity index (χ0) is 19.1. The second-order valence-corrected chi connectivity index (χ2v) is 9.44. The van der Waals surface area contributed by atoms with Crippen LogP contribution in [0.3, 0.4) is 0 Å². The van der Waals surface area contributed by atoms with Crippen molar-refractivity contribution in [1.29, 1.82) is 0 Å². The average Bonchev–Trinajstić information content (AvgIpc) is 3.32. The van der Waals surface area contributed by atoms with E-state index in [-0.39, 0.29) is 21.3 Å². The summed E-state index contributed by atoms with van der Waals surface area (Å²) in [6.07, 6.45) is -4.68. The smallest absolute Gasteiger partial charge is 0.452 e. The third-order valence-corrected chi connectivity index (χ3v) is 8.19. The first-order valence-electron chi connectivity index (χ1n) is 7.00. The van der Waals surface area contributed by atoms with E-state index in [1.54, 1.807) is 0 Å². The minimum atomic E-state index is -4.68. The van der Waals surface area contributed by atoms with Gasteiger partial charge in [0.05, 0.1) is 12.0 Å². The molecule has 26 heavy (non-hydrogen) atoms. The van der Waals surface area contributed by atoms with Gasteiger partial charge in [0.1, 0.15) is 9.90 Å². The molecule has 1 unspecified atom stereocenters. The van der Waals surface area contributed by atoms with Gasteiger partial charge in [-0.2, -0.15) is 17.5 Å². The van der Waals surface area contributed by atoms with E-state index in [4.69, 9.17) is 0 Å². The van der Waals surface area contributed by atoms with Gasteiger partial charge in [-0.3, -0.25) is 0 Å². The molecule has 7 nitrogen and oxygen atoms in total. The molecular formula is C13H11F3N2O5S3. The molecule has 0 aliphatic carbocycles. The van der Waals surface area contributed by atoms with Crippen molar-refractivity contribution in [3.8, 4) is 10.6 Å². The predicted molar refractivity (Wildman–Crippen MR) is 87.0 cm³/mol. The molecule has 1 fully saturated rings. The van der Waals surface area contributed by atoms with Gasteiger partial charge in [0.15, 0.2) is 5.37 Å². The number of hydrogen-bond acceptors (Lipinski definition) is 8. The van der Waals surface area contributed by atoms with E-state index >= 15 is 0 Å². The van der Waals surface area contributed by atoms with Crippen molar-refractivity contribution in [2.75, 3.05) is 19.4 Å². The Morgan fingerprint density at radius 2 is 2.15 bits per heavy atom. The first-order chi connectivity index (χ1) is 12.1. The molecule has 1 atom stereocenters. The Morgan fingerprint density at radius 1 is 1.42 bits per heavy atom. The minimum Gasteiger partial charge on any atom is -0.467 e.